The number of hydrogen-bond donors (Lipinski definition) is 2. The van der Waals surface area contributed by atoms with Crippen molar-refractivity contribution in [2.24, 2.45) is 7.05 Å². The number of aliphatic carboxylic acids is 1. The normalized spacial score (nSPS) is 18.3. The predicted molar refractivity (Wildman–Crippen MR) is 75.2 cm³/mol. The number of amides is 1. The Labute approximate surface area is 119 Å². The zero-order valence-electron chi connectivity index (χ0n) is 11.5. The van der Waals surface area contributed by atoms with Crippen LogP contribution in [0.5, 0.6) is 0 Å². The fraction of sp³-hybridized carbons (Fsp3) is 0.357. The number of carbonyl (C=O) groups is 2. The minimum absolute atomic E-state index is 0.251. The number of fused-ring (bicyclic) bond motifs is 1. The highest BCUT2D eigenvalue weighted by Gasteiger charge is 2.34. The van der Waals surface area contributed by atoms with Crippen LogP contribution < -0.4 is 5.69 Å². The van der Waals surface area contributed by atoms with Gasteiger partial charge in [0, 0.05) is 19.2 Å². The number of nitrogens with one attached hydrogen (secondary N) is 1. The van der Waals surface area contributed by atoms with E-state index in [1.807, 2.05) is 0 Å². The molecule has 21 heavy (non-hydrogen) atoms. The third kappa shape index (κ3) is 2.10. The van der Waals surface area contributed by atoms with Crippen LogP contribution in [0.15, 0.2) is 23.0 Å². The van der Waals surface area contributed by atoms with E-state index in [0.717, 1.165) is 0 Å². The standard InChI is InChI=1S/C14H15N3O4/c1-16-11-7-8(4-5-9(11)15-14(16)21)12(18)17-6-2-3-10(17)13(19)20/h4-5,7,10H,2-3,6H2,1H3,(H,15,21)(H,19,20). The first-order chi connectivity index (χ1) is 9.99. The quantitative estimate of drug-likeness (QED) is 0.844. The number of likely N-dealkylation sites (tertiary alicyclic amines) is 1. The predicted octanol–water partition coefficient (Wildman–Crippen LogP) is 0.556. The number of aromatic amines is 1. The lowest BCUT2D eigenvalue weighted by molar-refractivity contribution is -0.141. The Balaban J connectivity index is 2.00. The van der Waals surface area contributed by atoms with E-state index in [-0.39, 0.29) is 11.6 Å². The second-order valence-electron chi connectivity index (χ2n) is 5.22. The van der Waals surface area contributed by atoms with Gasteiger partial charge in [-0.2, -0.15) is 0 Å². The van der Waals surface area contributed by atoms with Crippen molar-refractivity contribution in [3.05, 3.63) is 34.2 Å². The van der Waals surface area contributed by atoms with Crippen LogP contribution in [0.1, 0.15) is 23.2 Å². The second-order valence-corrected chi connectivity index (χ2v) is 5.22. The van der Waals surface area contributed by atoms with Crippen LogP contribution in [0.25, 0.3) is 11.0 Å². The molecule has 1 saturated heterocycles. The van der Waals surface area contributed by atoms with Gasteiger partial charge >= 0.3 is 11.7 Å². The number of carboxylic acids is 1. The van der Waals surface area contributed by atoms with Gasteiger partial charge in [-0.05, 0) is 31.0 Å². The highest BCUT2D eigenvalue weighted by Crippen LogP contribution is 2.21. The molecule has 0 aliphatic carbocycles. The van der Waals surface area contributed by atoms with Crippen LogP contribution in [0, 0.1) is 0 Å². The molecule has 1 aromatic heterocycles. The molecule has 1 unspecified atom stereocenters. The van der Waals surface area contributed by atoms with Crippen molar-refractivity contribution < 1.29 is 14.7 Å². The number of benzene rings is 1. The highest BCUT2D eigenvalue weighted by atomic mass is 16.4. The molecule has 1 fully saturated rings. The number of aryl methyl sites for hydroxylation is 1. The van der Waals surface area contributed by atoms with Crippen molar-refractivity contribution in [1.82, 2.24) is 14.5 Å². The Morgan fingerprint density at radius 2 is 2.14 bits per heavy atom. The Morgan fingerprint density at radius 1 is 1.38 bits per heavy atom. The fourth-order valence-corrected chi connectivity index (χ4v) is 2.79. The maximum Gasteiger partial charge on any atom is 0.326 e. The van der Waals surface area contributed by atoms with Gasteiger partial charge in [0.15, 0.2) is 0 Å². The molecule has 1 aliphatic rings. The number of imidazole rings is 1. The molecule has 1 amide bonds. The SMILES string of the molecule is Cn1c(=O)[nH]c2ccc(C(=O)N3CCCC3C(=O)O)cc21. The van der Waals surface area contributed by atoms with E-state index in [1.54, 1.807) is 25.2 Å². The van der Waals surface area contributed by atoms with Crippen LogP contribution >= 0.6 is 0 Å². The first-order valence-electron chi connectivity index (χ1n) is 6.71. The molecule has 0 bridgehead atoms. The number of nitrogens with zero attached hydrogens (tertiary/aromatic N) is 2. The van der Waals surface area contributed by atoms with Gasteiger partial charge in [0.25, 0.3) is 5.91 Å². The average molecular weight is 289 g/mol. The van der Waals surface area contributed by atoms with Crippen LogP contribution in [0.4, 0.5) is 0 Å². The lowest BCUT2D eigenvalue weighted by atomic mass is 10.1. The van der Waals surface area contributed by atoms with E-state index in [9.17, 15) is 14.4 Å². The molecule has 0 spiro atoms. The van der Waals surface area contributed by atoms with Crippen LogP contribution in [-0.4, -0.2) is 44.0 Å². The number of carbonyl (C=O) groups excluding carboxylic acids is 1. The highest BCUT2D eigenvalue weighted by molar-refractivity contribution is 5.99. The molecule has 7 heteroatoms. The minimum atomic E-state index is -0.976. The molecule has 1 aliphatic heterocycles. The summed E-state index contributed by atoms with van der Waals surface area (Å²) in [6, 6.07) is 4.13. The lowest BCUT2D eigenvalue weighted by Crippen LogP contribution is -2.40. The summed E-state index contributed by atoms with van der Waals surface area (Å²) in [5.41, 5.74) is 1.41. The summed E-state index contributed by atoms with van der Waals surface area (Å²) >= 11 is 0. The first kappa shape index (κ1) is 13.4. The van der Waals surface area contributed by atoms with Gasteiger partial charge in [-0.3, -0.25) is 9.36 Å². The number of hydrogen-bond acceptors (Lipinski definition) is 3. The smallest absolute Gasteiger partial charge is 0.326 e. The topological polar surface area (TPSA) is 95.4 Å². The third-order valence-corrected chi connectivity index (χ3v) is 3.95. The summed E-state index contributed by atoms with van der Waals surface area (Å²) in [5.74, 6) is -1.29. The maximum atomic E-state index is 12.5. The molecule has 0 radical (unpaired) electrons. The van der Waals surface area contributed by atoms with Gasteiger partial charge < -0.3 is 15.0 Å². The summed E-state index contributed by atoms with van der Waals surface area (Å²) in [4.78, 5) is 39.3. The first-order valence-corrected chi connectivity index (χ1v) is 6.71. The Kier molecular flexibility index (Phi) is 3.04. The van der Waals surface area contributed by atoms with E-state index >= 15 is 0 Å². The van der Waals surface area contributed by atoms with Crippen molar-refractivity contribution in [2.45, 2.75) is 18.9 Å². The van der Waals surface area contributed by atoms with Crippen molar-refractivity contribution >= 4 is 22.9 Å². The second kappa shape index (κ2) is 4.76. The number of rotatable bonds is 2. The van der Waals surface area contributed by atoms with Crippen LogP contribution in [0.2, 0.25) is 0 Å². The van der Waals surface area contributed by atoms with Gasteiger partial charge in [0.05, 0.1) is 11.0 Å². The van der Waals surface area contributed by atoms with Gasteiger partial charge in [0.1, 0.15) is 6.04 Å². The molecule has 2 aromatic rings. The third-order valence-electron chi connectivity index (χ3n) is 3.95. The van der Waals surface area contributed by atoms with Crippen molar-refractivity contribution in [1.29, 1.82) is 0 Å². The van der Waals surface area contributed by atoms with E-state index in [4.69, 9.17) is 5.11 Å². The zero-order valence-corrected chi connectivity index (χ0v) is 11.5. The number of H-pyrrole nitrogens is 1. The molecule has 1 aromatic carbocycles. The summed E-state index contributed by atoms with van der Waals surface area (Å²) in [5, 5.41) is 9.15. The van der Waals surface area contributed by atoms with E-state index in [0.29, 0.717) is 36.0 Å². The molecule has 7 nitrogen and oxygen atoms in total. The molecular weight excluding hydrogens is 274 g/mol. The fourth-order valence-electron chi connectivity index (χ4n) is 2.79. The molecule has 1 atom stereocenters. The summed E-state index contributed by atoms with van der Waals surface area (Å²) in [6.45, 7) is 0.444. The molecular formula is C14H15N3O4. The Morgan fingerprint density at radius 3 is 2.86 bits per heavy atom. The Bertz CT molecular complexity index is 789. The maximum absolute atomic E-state index is 12.5. The summed E-state index contributed by atoms with van der Waals surface area (Å²) < 4.78 is 1.42. The number of aromatic nitrogens is 2. The minimum Gasteiger partial charge on any atom is -0.480 e. The van der Waals surface area contributed by atoms with Gasteiger partial charge in [-0.25, -0.2) is 9.59 Å². The van der Waals surface area contributed by atoms with Gasteiger partial charge in [-0.15, -0.1) is 0 Å². The monoisotopic (exact) mass is 289 g/mol. The molecule has 2 N–H and O–H groups in total. The molecule has 110 valence electrons. The van der Waals surface area contributed by atoms with Crippen LogP contribution in [0.3, 0.4) is 0 Å². The molecule has 2 heterocycles. The van der Waals surface area contributed by atoms with Crippen molar-refractivity contribution in [3.8, 4) is 0 Å². The van der Waals surface area contributed by atoms with E-state index in [2.05, 4.69) is 4.98 Å². The Hall–Kier alpha value is -2.57. The molecule has 0 saturated carbocycles. The lowest BCUT2D eigenvalue weighted by Gasteiger charge is -2.21. The average Bonchev–Trinajstić information content (AvgIpc) is 3.04. The molecule has 3 rings (SSSR count). The summed E-state index contributed by atoms with van der Waals surface area (Å²) in [7, 11) is 1.62. The van der Waals surface area contributed by atoms with Crippen molar-refractivity contribution in [2.75, 3.05) is 6.54 Å². The van der Waals surface area contributed by atoms with E-state index < -0.39 is 12.0 Å². The van der Waals surface area contributed by atoms with Gasteiger partial charge in [-0.1, -0.05) is 0 Å². The van der Waals surface area contributed by atoms with Crippen LogP contribution in [-0.2, 0) is 11.8 Å². The zero-order chi connectivity index (χ0) is 15.1. The number of carboxylic acid groups (broad SMARTS) is 1. The van der Waals surface area contributed by atoms with Crippen molar-refractivity contribution in [3.63, 3.8) is 0 Å². The van der Waals surface area contributed by atoms with E-state index in [1.165, 1.54) is 9.47 Å². The summed E-state index contributed by atoms with van der Waals surface area (Å²) in [6.07, 6.45) is 1.17. The largest absolute Gasteiger partial charge is 0.480 e. The van der Waals surface area contributed by atoms with Gasteiger partial charge in [0.2, 0.25) is 0 Å².